The molecule has 0 unspecified atom stereocenters. The number of nitrogens with one attached hydrogen (secondary N) is 1. The van der Waals surface area contributed by atoms with Crippen LogP contribution in [0.3, 0.4) is 0 Å². The second kappa shape index (κ2) is 5.52. The Hall–Kier alpha value is -1.82. The zero-order chi connectivity index (χ0) is 15.0. The summed E-state index contributed by atoms with van der Waals surface area (Å²) >= 11 is 6.10. The molecule has 2 aromatic rings. The number of benzene rings is 1. The Morgan fingerprint density at radius 2 is 1.67 bits per heavy atom. The minimum Gasteiger partial charge on any atom is -0.324 e. The van der Waals surface area contributed by atoms with Crippen LogP contribution in [-0.2, 0) is 12.8 Å². The minimum atomic E-state index is -1.51. The summed E-state index contributed by atoms with van der Waals surface area (Å²) in [6.07, 6.45) is 3.67. The Balaban J connectivity index is 1.93. The van der Waals surface area contributed by atoms with Gasteiger partial charge in [0, 0.05) is 23.4 Å². The maximum Gasteiger partial charge on any atom is 0.228 e. The number of anilines is 2. The minimum absolute atomic E-state index is 0.0261. The van der Waals surface area contributed by atoms with E-state index in [9.17, 15) is 13.2 Å². The summed E-state index contributed by atoms with van der Waals surface area (Å²) in [7, 11) is 0. The third kappa shape index (κ3) is 2.81. The quantitative estimate of drug-likeness (QED) is 0.668. The van der Waals surface area contributed by atoms with Crippen LogP contribution in [0.1, 0.15) is 24.1 Å². The summed E-state index contributed by atoms with van der Waals surface area (Å²) in [5, 5.41) is 2.99. The van der Waals surface area contributed by atoms with Gasteiger partial charge >= 0.3 is 0 Å². The predicted molar refractivity (Wildman–Crippen MR) is 73.3 cm³/mol. The molecule has 1 aromatic heterocycles. The molecule has 1 aromatic carbocycles. The number of hydrogen-bond acceptors (Lipinski definition) is 3. The molecule has 3 rings (SSSR count). The maximum absolute atomic E-state index is 13.2. The molecule has 0 fully saturated rings. The Bertz CT molecular complexity index is 683. The molecule has 110 valence electrons. The van der Waals surface area contributed by atoms with E-state index < -0.39 is 17.5 Å². The number of fused-ring (bicyclic) bond motifs is 1. The van der Waals surface area contributed by atoms with E-state index in [4.69, 9.17) is 11.6 Å². The van der Waals surface area contributed by atoms with Crippen LogP contribution >= 0.6 is 11.6 Å². The zero-order valence-electron chi connectivity index (χ0n) is 10.9. The van der Waals surface area contributed by atoms with Gasteiger partial charge in [0.05, 0.1) is 5.69 Å². The highest BCUT2D eigenvalue weighted by molar-refractivity contribution is 6.30. The van der Waals surface area contributed by atoms with Gasteiger partial charge in [-0.2, -0.15) is 0 Å². The van der Waals surface area contributed by atoms with E-state index in [1.54, 1.807) is 0 Å². The van der Waals surface area contributed by atoms with Crippen LogP contribution in [0.5, 0.6) is 0 Å². The molecule has 0 saturated carbocycles. The second-order valence-electron chi connectivity index (χ2n) is 4.85. The fourth-order valence-corrected chi connectivity index (χ4v) is 2.64. The zero-order valence-corrected chi connectivity index (χ0v) is 11.6. The van der Waals surface area contributed by atoms with Crippen molar-refractivity contribution in [1.82, 2.24) is 9.97 Å². The highest BCUT2D eigenvalue weighted by Gasteiger charge is 2.17. The topological polar surface area (TPSA) is 37.8 Å². The van der Waals surface area contributed by atoms with E-state index in [2.05, 4.69) is 15.3 Å². The average molecular weight is 314 g/mol. The van der Waals surface area contributed by atoms with Crippen molar-refractivity contribution in [1.29, 1.82) is 0 Å². The molecule has 0 bridgehead atoms. The molecule has 1 heterocycles. The van der Waals surface area contributed by atoms with Crippen molar-refractivity contribution in [2.24, 2.45) is 0 Å². The molecule has 1 aliphatic carbocycles. The van der Waals surface area contributed by atoms with Crippen LogP contribution in [-0.4, -0.2) is 9.97 Å². The van der Waals surface area contributed by atoms with Gasteiger partial charge in [-0.3, -0.25) is 0 Å². The first-order valence-corrected chi connectivity index (χ1v) is 6.89. The van der Waals surface area contributed by atoms with Crippen molar-refractivity contribution >= 4 is 23.2 Å². The average Bonchev–Trinajstić information content (AvgIpc) is 2.45. The van der Waals surface area contributed by atoms with Crippen LogP contribution in [0.25, 0.3) is 0 Å². The molecule has 3 nitrogen and oxygen atoms in total. The van der Waals surface area contributed by atoms with Gasteiger partial charge in [-0.25, -0.2) is 23.1 Å². The molecular formula is C14H11ClF3N3. The molecule has 0 aliphatic heterocycles. The van der Waals surface area contributed by atoms with Crippen LogP contribution in [0.2, 0.25) is 5.15 Å². The monoisotopic (exact) mass is 313 g/mol. The van der Waals surface area contributed by atoms with Crippen LogP contribution in [0.4, 0.5) is 24.8 Å². The molecule has 0 saturated heterocycles. The smallest absolute Gasteiger partial charge is 0.228 e. The van der Waals surface area contributed by atoms with E-state index in [0.29, 0.717) is 5.15 Å². The number of halogens is 4. The summed E-state index contributed by atoms with van der Waals surface area (Å²) in [5.41, 5.74) is 1.79. The SMILES string of the molecule is Fc1cc(Nc2nc(Cl)c3c(n2)CCCC3)cc(F)c1F. The summed E-state index contributed by atoms with van der Waals surface area (Å²) in [5.74, 6) is -3.92. The highest BCUT2D eigenvalue weighted by Crippen LogP contribution is 2.27. The van der Waals surface area contributed by atoms with Crippen molar-refractivity contribution in [3.05, 3.63) is 46.0 Å². The van der Waals surface area contributed by atoms with Gasteiger partial charge in [0.15, 0.2) is 17.5 Å². The molecule has 0 amide bonds. The fourth-order valence-electron chi connectivity index (χ4n) is 2.36. The number of nitrogens with zero attached hydrogens (tertiary/aromatic N) is 2. The van der Waals surface area contributed by atoms with Crippen LogP contribution < -0.4 is 5.32 Å². The lowest BCUT2D eigenvalue weighted by Gasteiger charge is -2.17. The Kier molecular flexibility index (Phi) is 3.71. The van der Waals surface area contributed by atoms with E-state index in [-0.39, 0.29) is 11.6 Å². The molecular weight excluding hydrogens is 303 g/mol. The molecule has 7 heteroatoms. The third-order valence-electron chi connectivity index (χ3n) is 3.37. The van der Waals surface area contributed by atoms with Crippen molar-refractivity contribution in [2.45, 2.75) is 25.7 Å². The van der Waals surface area contributed by atoms with Crippen LogP contribution in [0, 0.1) is 17.5 Å². The summed E-state index contributed by atoms with van der Waals surface area (Å²) in [4.78, 5) is 8.37. The van der Waals surface area contributed by atoms with Gasteiger partial charge in [0.2, 0.25) is 5.95 Å². The van der Waals surface area contributed by atoms with E-state index in [1.165, 1.54) is 0 Å². The standard InChI is InChI=1S/C14H11ClF3N3/c15-13-8-3-1-2-4-11(8)20-14(21-13)19-7-5-9(16)12(18)10(17)6-7/h5-6H,1-4H2,(H,19,20,21). The number of aromatic nitrogens is 2. The third-order valence-corrected chi connectivity index (χ3v) is 3.69. The lowest BCUT2D eigenvalue weighted by Crippen LogP contribution is -2.10. The van der Waals surface area contributed by atoms with E-state index >= 15 is 0 Å². The molecule has 21 heavy (non-hydrogen) atoms. The fraction of sp³-hybridized carbons (Fsp3) is 0.286. The summed E-state index contributed by atoms with van der Waals surface area (Å²) in [6.45, 7) is 0. The Morgan fingerprint density at radius 3 is 2.38 bits per heavy atom. The van der Waals surface area contributed by atoms with Gasteiger partial charge in [0.25, 0.3) is 0 Å². The maximum atomic E-state index is 13.2. The van der Waals surface area contributed by atoms with E-state index in [1.807, 2.05) is 0 Å². The first-order valence-electron chi connectivity index (χ1n) is 6.51. The number of hydrogen-bond donors (Lipinski definition) is 1. The number of aryl methyl sites for hydroxylation is 1. The Labute approximate surface area is 124 Å². The van der Waals surface area contributed by atoms with Crippen molar-refractivity contribution in [3.8, 4) is 0 Å². The molecule has 1 aliphatic rings. The van der Waals surface area contributed by atoms with Crippen LogP contribution in [0.15, 0.2) is 12.1 Å². The van der Waals surface area contributed by atoms with Gasteiger partial charge in [-0.1, -0.05) is 11.6 Å². The normalized spacial score (nSPS) is 13.9. The largest absolute Gasteiger partial charge is 0.324 e. The lowest BCUT2D eigenvalue weighted by molar-refractivity contribution is 0.448. The first kappa shape index (κ1) is 14.1. The lowest BCUT2D eigenvalue weighted by atomic mass is 9.97. The second-order valence-corrected chi connectivity index (χ2v) is 5.21. The van der Waals surface area contributed by atoms with Gasteiger partial charge in [0.1, 0.15) is 5.15 Å². The first-order chi connectivity index (χ1) is 10.0. The molecule has 0 radical (unpaired) electrons. The summed E-state index contributed by atoms with van der Waals surface area (Å²) < 4.78 is 39.3. The highest BCUT2D eigenvalue weighted by atomic mass is 35.5. The van der Waals surface area contributed by atoms with Crippen molar-refractivity contribution in [3.63, 3.8) is 0 Å². The molecule has 0 spiro atoms. The summed E-state index contributed by atoms with van der Waals surface area (Å²) in [6, 6.07) is 1.68. The van der Waals surface area contributed by atoms with Gasteiger partial charge < -0.3 is 5.32 Å². The van der Waals surface area contributed by atoms with Crippen molar-refractivity contribution in [2.75, 3.05) is 5.32 Å². The van der Waals surface area contributed by atoms with E-state index in [0.717, 1.165) is 49.1 Å². The molecule has 1 N–H and O–H groups in total. The van der Waals surface area contributed by atoms with Gasteiger partial charge in [-0.15, -0.1) is 0 Å². The molecule has 0 atom stereocenters. The Morgan fingerprint density at radius 1 is 1.00 bits per heavy atom. The van der Waals surface area contributed by atoms with Gasteiger partial charge in [-0.05, 0) is 25.7 Å². The van der Waals surface area contributed by atoms with Crippen molar-refractivity contribution < 1.29 is 13.2 Å². The number of rotatable bonds is 2. The predicted octanol–water partition coefficient (Wildman–Crippen LogP) is 4.17.